The van der Waals surface area contributed by atoms with Crippen LogP contribution in [0, 0.1) is 0 Å². The molecule has 114 valence electrons. The summed E-state index contributed by atoms with van der Waals surface area (Å²) >= 11 is 0. The molecule has 4 rings (SSSR count). The number of fused-ring (bicyclic) bond motifs is 3. The Morgan fingerprint density at radius 3 is 2.95 bits per heavy atom. The summed E-state index contributed by atoms with van der Waals surface area (Å²) in [6.07, 6.45) is 4.91. The van der Waals surface area contributed by atoms with Gasteiger partial charge in [0.1, 0.15) is 0 Å². The summed E-state index contributed by atoms with van der Waals surface area (Å²) in [7, 11) is -3.48. The summed E-state index contributed by atoms with van der Waals surface area (Å²) < 4.78 is 34.1. The molecule has 3 heterocycles. The number of benzene rings is 1. The van der Waals surface area contributed by atoms with Crippen molar-refractivity contribution in [3.63, 3.8) is 0 Å². The molecule has 0 radical (unpaired) electrons. The second-order valence-corrected chi connectivity index (χ2v) is 7.83. The summed E-state index contributed by atoms with van der Waals surface area (Å²) in [4.78, 5) is 0.426. The minimum atomic E-state index is -3.48. The van der Waals surface area contributed by atoms with Crippen LogP contribution in [0.4, 0.5) is 5.69 Å². The number of sulfonamides is 1. The first-order valence-electron chi connectivity index (χ1n) is 7.67. The predicted molar refractivity (Wildman–Crippen MR) is 79.9 cm³/mol. The van der Waals surface area contributed by atoms with Crippen LogP contribution in [0.1, 0.15) is 31.2 Å². The largest absolute Gasteiger partial charge is 0.385 e. The van der Waals surface area contributed by atoms with Crippen molar-refractivity contribution in [3.05, 3.63) is 23.8 Å². The van der Waals surface area contributed by atoms with Crippen molar-refractivity contribution in [3.8, 4) is 0 Å². The lowest BCUT2D eigenvalue weighted by Crippen LogP contribution is -2.41. The number of rotatable bonds is 3. The first-order chi connectivity index (χ1) is 10.1. The number of nitrogens with one attached hydrogen (secondary N) is 2. The Labute approximate surface area is 125 Å². The van der Waals surface area contributed by atoms with E-state index in [4.69, 9.17) is 4.74 Å². The molecular weight excluding hydrogens is 288 g/mol. The second kappa shape index (κ2) is 4.97. The molecule has 3 unspecified atom stereocenters. The fourth-order valence-electron chi connectivity index (χ4n) is 3.75. The van der Waals surface area contributed by atoms with Gasteiger partial charge >= 0.3 is 0 Å². The van der Waals surface area contributed by atoms with Gasteiger partial charge in [-0.25, -0.2) is 13.1 Å². The zero-order chi connectivity index (χ0) is 14.4. The molecule has 3 aliphatic heterocycles. The van der Waals surface area contributed by atoms with Crippen molar-refractivity contribution < 1.29 is 13.2 Å². The lowest BCUT2D eigenvalue weighted by atomic mass is 9.96. The van der Waals surface area contributed by atoms with Crippen molar-refractivity contribution in [1.29, 1.82) is 0 Å². The molecule has 0 saturated carbocycles. The van der Waals surface area contributed by atoms with Gasteiger partial charge in [0, 0.05) is 12.2 Å². The first-order valence-corrected chi connectivity index (χ1v) is 9.15. The van der Waals surface area contributed by atoms with Crippen LogP contribution in [0.3, 0.4) is 0 Å². The summed E-state index contributed by atoms with van der Waals surface area (Å²) in [6, 6.07) is 5.40. The average molecular weight is 308 g/mol. The summed E-state index contributed by atoms with van der Waals surface area (Å²) in [5.74, 6) is 0. The molecular formula is C15H20N2O3S. The quantitative estimate of drug-likeness (QED) is 0.891. The topological polar surface area (TPSA) is 67.4 Å². The van der Waals surface area contributed by atoms with Crippen LogP contribution < -0.4 is 10.0 Å². The lowest BCUT2D eigenvalue weighted by molar-refractivity contribution is 0.0996. The maximum absolute atomic E-state index is 12.7. The monoisotopic (exact) mass is 308 g/mol. The van der Waals surface area contributed by atoms with E-state index in [0.717, 1.165) is 49.9 Å². The molecule has 0 aliphatic carbocycles. The Bertz CT molecular complexity index is 659. The minimum Gasteiger partial charge on any atom is -0.385 e. The highest BCUT2D eigenvalue weighted by atomic mass is 32.2. The third-order valence-corrected chi connectivity index (χ3v) is 6.33. The zero-order valence-corrected chi connectivity index (χ0v) is 12.7. The van der Waals surface area contributed by atoms with E-state index in [1.165, 1.54) is 0 Å². The van der Waals surface area contributed by atoms with Crippen LogP contribution in [0.5, 0.6) is 0 Å². The molecule has 0 amide bonds. The minimum absolute atomic E-state index is 0.0578. The average Bonchev–Trinajstić information content (AvgIpc) is 3.08. The van der Waals surface area contributed by atoms with E-state index in [2.05, 4.69) is 10.0 Å². The van der Waals surface area contributed by atoms with E-state index in [1.54, 1.807) is 6.07 Å². The van der Waals surface area contributed by atoms with Gasteiger partial charge in [-0.1, -0.05) is 6.07 Å². The van der Waals surface area contributed by atoms with Crippen molar-refractivity contribution in [1.82, 2.24) is 4.72 Å². The Balaban J connectivity index is 1.63. The normalized spacial score (nSPS) is 31.0. The van der Waals surface area contributed by atoms with Crippen molar-refractivity contribution in [2.45, 2.75) is 55.2 Å². The van der Waals surface area contributed by atoms with Gasteiger partial charge in [-0.05, 0) is 49.8 Å². The Morgan fingerprint density at radius 1 is 1.29 bits per heavy atom. The van der Waals surface area contributed by atoms with E-state index in [9.17, 15) is 8.42 Å². The highest BCUT2D eigenvalue weighted by Crippen LogP contribution is 2.36. The molecule has 5 nitrogen and oxygen atoms in total. The molecule has 2 bridgehead atoms. The third-order valence-electron chi connectivity index (χ3n) is 4.75. The summed E-state index contributed by atoms with van der Waals surface area (Å²) in [6.45, 7) is 0.907. The molecule has 1 aromatic rings. The van der Waals surface area contributed by atoms with E-state index in [1.807, 2.05) is 12.1 Å². The van der Waals surface area contributed by atoms with Crippen molar-refractivity contribution >= 4 is 15.7 Å². The number of ether oxygens (including phenoxy) is 1. The Hall–Kier alpha value is -1.11. The van der Waals surface area contributed by atoms with Gasteiger partial charge in [-0.2, -0.15) is 0 Å². The van der Waals surface area contributed by atoms with E-state index < -0.39 is 10.0 Å². The molecule has 2 N–H and O–H groups in total. The molecule has 0 spiro atoms. The molecule has 2 fully saturated rings. The van der Waals surface area contributed by atoms with Gasteiger partial charge in [0.2, 0.25) is 10.0 Å². The first kappa shape index (κ1) is 13.5. The fraction of sp³-hybridized carbons (Fsp3) is 0.600. The van der Waals surface area contributed by atoms with Crippen LogP contribution in [0.15, 0.2) is 23.1 Å². The second-order valence-electron chi connectivity index (χ2n) is 6.15. The van der Waals surface area contributed by atoms with Gasteiger partial charge in [0.25, 0.3) is 0 Å². The molecule has 3 atom stereocenters. The number of anilines is 1. The van der Waals surface area contributed by atoms with Gasteiger partial charge in [-0.3, -0.25) is 0 Å². The number of hydrogen-bond donors (Lipinski definition) is 2. The van der Waals surface area contributed by atoms with Crippen molar-refractivity contribution in [2.75, 3.05) is 11.9 Å². The van der Waals surface area contributed by atoms with Crippen LogP contribution in [-0.2, 0) is 21.2 Å². The SMILES string of the molecule is O=S(=O)(NC1CC2CCC1O2)c1cccc2c1CCCN2. The molecule has 2 saturated heterocycles. The number of hydrogen-bond acceptors (Lipinski definition) is 4. The highest BCUT2D eigenvalue weighted by Gasteiger charge is 2.42. The van der Waals surface area contributed by atoms with Gasteiger partial charge < -0.3 is 10.1 Å². The highest BCUT2D eigenvalue weighted by molar-refractivity contribution is 7.89. The summed E-state index contributed by atoms with van der Waals surface area (Å²) in [5.41, 5.74) is 1.87. The standard InChI is InChI=1S/C15H20N2O3S/c18-21(19,17-13-9-10-6-7-14(13)20-10)15-5-1-4-12-11(15)3-2-8-16-12/h1,4-5,10,13-14,16-17H,2-3,6-9H2. The van der Waals surface area contributed by atoms with Gasteiger partial charge in [0.05, 0.1) is 23.1 Å². The fourth-order valence-corrected chi connectivity index (χ4v) is 5.32. The van der Waals surface area contributed by atoms with Gasteiger partial charge in [-0.15, -0.1) is 0 Å². The molecule has 3 aliphatic rings. The van der Waals surface area contributed by atoms with E-state index >= 15 is 0 Å². The smallest absolute Gasteiger partial charge is 0.241 e. The predicted octanol–water partition coefficient (Wildman–Crippen LogP) is 1.64. The molecule has 6 heteroatoms. The van der Waals surface area contributed by atoms with Crippen LogP contribution in [0.2, 0.25) is 0 Å². The molecule has 0 aromatic heterocycles. The van der Waals surface area contributed by atoms with E-state index in [-0.39, 0.29) is 18.2 Å². The van der Waals surface area contributed by atoms with Crippen molar-refractivity contribution in [2.24, 2.45) is 0 Å². The van der Waals surface area contributed by atoms with Crippen LogP contribution >= 0.6 is 0 Å². The molecule has 21 heavy (non-hydrogen) atoms. The third kappa shape index (κ3) is 2.35. The van der Waals surface area contributed by atoms with Crippen LogP contribution in [0.25, 0.3) is 0 Å². The Kier molecular flexibility index (Phi) is 3.20. The molecule has 1 aromatic carbocycles. The Morgan fingerprint density at radius 2 is 2.19 bits per heavy atom. The van der Waals surface area contributed by atoms with E-state index in [0.29, 0.717) is 4.90 Å². The lowest BCUT2D eigenvalue weighted by Gasteiger charge is -2.24. The summed E-state index contributed by atoms with van der Waals surface area (Å²) in [5, 5.41) is 3.28. The zero-order valence-electron chi connectivity index (χ0n) is 11.8. The van der Waals surface area contributed by atoms with Gasteiger partial charge in [0.15, 0.2) is 0 Å². The van der Waals surface area contributed by atoms with Crippen LogP contribution in [-0.4, -0.2) is 33.2 Å². The maximum Gasteiger partial charge on any atom is 0.241 e. The maximum atomic E-state index is 12.7.